The summed E-state index contributed by atoms with van der Waals surface area (Å²) in [5, 5.41) is 0.920. The summed E-state index contributed by atoms with van der Waals surface area (Å²) in [4.78, 5) is 21.1. The number of ether oxygens (including phenoxy) is 1. The third-order valence-electron chi connectivity index (χ3n) is 4.93. The minimum atomic E-state index is -0.0490. The van der Waals surface area contributed by atoms with Gasteiger partial charge < -0.3 is 19.0 Å². The fourth-order valence-electron chi connectivity index (χ4n) is 3.40. The van der Waals surface area contributed by atoms with Crippen LogP contribution in [0.15, 0.2) is 47.1 Å². The van der Waals surface area contributed by atoms with Gasteiger partial charge in [-0.05, 0) is 37.3 Å². The first-order chi connectivity index (χ1) is 12.7. The van der Waals surface area contributed by atoms with Crippen molar-refractivity contribution >= 4 is 22.6 Å². The van der Waals surface area contributed by atoms with Crippen molar-refractivity contribution in [2.24, 2.45) is 0 Å². The molecule has 0 N–H and O–H groups in total. The highest BCUT2D eigenvalue weighted by Crippen LogP contribution is 2.29. The maximum Gasteiger partial charge on any atom is 0.290 e. The zero-order valence-corrected chi connectivity index (χ0v) is 14.9. The van der Waals surface area contributed by atoms with Gasteiger partial charge in [-0.2, -0.15) is 0 Å². The lowest BCUT2D eigenvalue weighted by Gasteiger charge is -2.35. The van der Waals surface area contributed by atoms with Gasteiger partial charge in [0.1, 0.15) is 11.3 Å². The average molecular weight is 351 g/mol. The van der Waals surface area contributed by atoms with Gasteiger partial charge in [0.05, 0.1) is 7.11 Å². The van der Waals surface area contributed by atoms with Gasteiger partial charge in [-0.3, -0.25) is 9.78 Å². The van der Waals surface area contributed by atoms with Crippen LogP contribution in [-0.4, -0.2) is 49.1 Å². The second-order valence-electron chi connectivity index (χ2n) is 6.40. The van der Waals surface area contributed by atoms with Crippen LogP contribution in [0.2, 0.25) is 0 Å². The lowest BCUT2D eigenvalue weighted by Crippen LogP contribution is -2.48. The Hall–Kier alpha value is -3.02. The number of amides is 1. The number of aromatic nitrogens is 1. The molecule has 2 aromatic heterocycles. The van der Waals surface area contributed by atoms with Gasteiger partial charge in [0.15, 0.2) is 5.76 Å². The number of rotatable bonds is 3. The highest BCUT2D eigenvalue weighted by Gasteiger charge is 2.26. The van der Waals surface area contributed by atoms with Crippen LogP contribution in [0.3, 0.4) is 0 Å². The number of carbonyl (C=O) groups is 1. The number of anilines is 1. The van der Waals surface area contributed by atoms with Gasteiger partial charge in [-0.25, -0.2) is 0 Å². The molecule has 6 nitrogen and oxygen atoms in total. The predicted molar refractivity (Wildman–Crippen MR) is 99.9 cm³/mol. The van der Waals surface area contributed by atoms with Gasteiger partial charge in [-0.1, -0.05) is 0 Å². The normalized spacial score (nSPS) is 14.7. The van der Waals surface area contributed by atoms with Crippen molar-refractivity contribution in [2.75, 3.05) is 38.2 Å². The Morgan fingerprint density at radius 3 is 2.54 bits per heavy atom. The maximum absolute atomic E-state index is 13.0. The molecule has 1 aliphatic rings. The molecular weight excluding hydrogens is 330 g/mol. The molecular formula is C20H21N3O3. The monoisotopic (exact) mass is 351 g/mol. The number of carbonyl (C=O) groups excluding carboxylic acids is 1. The molecule has 0 unspecified atom stereocenters. The van der Waals surface area contributed by atoms with Crippen LogP contribution in [-0.2, 0) is 0 Å². The van der Waals surface area contributed by atoms with Gasteiger partial charge in [0, 0.05) is 55.2 Å². The van der Waals surface area contributed by atoms with Crippen molar-refractivity contribution in [1.29, 1.82) is 0 Å². The molecule has 0 aliphatic carbocycles. The molecule has 1 saturated heterocycles. The molecule has 0 radical (unpaired) electrons. The van der Waals surface area contributed by atoms with Crippen molar-refractivity contribution in [1.82, 2.24) is 9.88 Å². The Morgan fingerprint density at radius 2 is 1.85 bits per heavy atom. The first kappa shape index (κ1) is 16.4. The summed E-state index contributed by atoms with van der Waals surface area (Å²) in [5.74, 6) is 1.13. The first-order valence-electron chi connectivity index (χ1n) is 8.69. The first-order valence-corrected chi connectivity index (χ1v) is 8.69. The topological polar surface area (TPSA) is 58.8 Å². The minimum absolute atomic E-state index is 0.0490. The standard InChI is InChI=1S/C20H21N3O3/c1-14-17-13-16(25-2)3-4-18(17)26-19(14)20(24)23-11-9-22(10-12-23)15-5-7-21-8-6-15/h3-8,13H,9-12H2,1-2H3. The summed E-state index contributed by atoms with van der Waals surface area (Å²) in [6, 6.07) is 9.58. The number of pyridine rings is 1. The fourth-order valence-corrected chi connectivity index (χ4v) is 3.40. The van der Waals surface area contributed by atoms with E-state index in [1.54, 1.807) is 19.5 Å². The summed E-state index contributed by atoms with van der Waals surface area (Å²) in [7, 11) is 1.63. The van der Waals surface area contributed by atoms with Crippen LogP contribution in [0.4, 0.5) is 5.69 Å². The molecule has 3 heterocycles. The van der Waals surface area contributed by atoms with Gasteiger partial charge >= 0.3 is 0 Å². The van der Waals surface area contributed by atoms with Crippen LogP contribution >= 0.6 is 0 Å². The summed E-state index contributed by atoms with van der Waals surface area (Å²) >= 11 is 0. The van der Waals surface area contributed by atoms with E-state index in [2.05, 4.69) is 9.88 Å². The van der Waals surface area contributed by atoms with E-state index in [4.69, 9.17) is 9.15 Å². The molecule has 6 heteroatoms. The van der Waals surface area contributed by atoms with E-state index in [0.29, 0.717) is 24.4 Å². The van der Waals surface area contributed by atoms with Crippen molar-refractivity contribution < 1.29 is 13.9 Å². The number of hydrogen-bond acceptors (Lipinski definition) is 5. The van der Waals surface area contributed by atoms with E-state index >= 15 is 0 Å². The predicted octanol–water partition coefficient (Wildman–Crippen LogP) is 3.11. The molecule has 1 aliphatic heterocycles. The zero-order chi connectivity index (χ0) is 18.1. The van der Waals surface area contributed by atoms with Gasteiger partial charge in [-0.15, -0.1) is 0 Å². The third-order valence-corrected chi connectivity index (χ3v) is 4.93. The highest BCUT2D eigenvalue weighted by atomic mass is 16.5. The molecule has 134 valence electrons. The smallest absolute Gasteiger partial charge is 0.290 e. The molecule has 0 bridgehead atoms. The van der Waals surface area contributed by atoms with Crippen molar-refractivity contribution in [3.05, 3.63) is 54.0 Å². The molecule has 0 atom stereocenters. The van der Waals surface area contributed by atoms with E-state index in [1.807, 2.05) is 42.2 Å². The lowest BCUT2D eigenvalue weighted by atomic mass is 10.1. The van der Waals surface area contributed by atoms with Crippen LogP contribution in [0.1, 0.15) is 16.1 Å². The Labute approximate surface area is 152 Å². The molecule has 1 amide bonds. The van der Waals surface area contributed by atoms with Crippen LogP contribution < -0.4 is 9.64 Å². The quantitative estimate of drug-likeness (QED) is 0.726. The third kappa shape index (κ3) is 2.87. The second-order valence-corrected chi connectivity index (χ2v) is 6.40. The molecule has 1 fully saturated rings. The lowest BCUT2D eigenvalue weighted by molar-refractivity contribution is 0.0716. The number of benzene rings is 1. The van der Waals surface area contributed by atoms with E-state index in [1.165, 1.54) is 0 Å². The van der Waals surface area contributed by atoms with Crippen LogP contribution in [0.25, 0.3) is 11.0 Å². The van der Waals surface area contributed by atoms with E-state index in [9.17, 15) is 4.79 Å². The molecule has 26 heavy (non-hydrogen) atoms. The molecule has 0 saturated carbocycles. The van der Waals surface area contributed by atoms with Crippen LogP contribution in [0, 0.1) is 6.92 Å². The van der Waals surface area contributed by atoms with Crippen molar-refractivity contribution in [3.63, 3.8) is 0 Å². The number of hydrogen-bond donors (Lipinski definition) is 0. The summed E-state index contributed by atoms with van der Waals surface area (Å²) in [6.45, 7) is 4.85. The minimum Gasteiger partial charge on any atom is -0.497 e. The second kappa shape index (κ2) is 6.71. The van der Waals surface area contributed by atoms with Crippen molar-refractivity contribution in [2.45, 2.75) is 6.92 Å². The number of nitrogens with zero attached hydrogens (tertiary/aromatic N) is 3. The summed E-state index contributed by atoms with van der Waals surface area (Å²) in [6.07, 6.45) is 3.58. The number of piperazine rings is 1. The number of fused-ring (bicyclic) bond motifs is 1. The number of aryl methyl sites for hydroxylation is 1. The molecule has 4 rings (SSSR count). The molecule has 3 aromatic rings. The Kier molecular flexibility index (Phi) is 4.24. The van der Waals surface area contributed by atoms with Crippen LogP contribution in [0.5, 0.6) is 5.75 Å². The van der Waals surface area contributed by atoms with E-state index in [-0.39, 0.29) is 5.91 Å². The largest absolute Gasteiger partial charge is 0.497 e. The summed E-state index contributed by atoms with van der Waals surface area (Å²) < 4.78 is 11.1. The Balaban J connectivity index is 1.52. The summed E-state index contributed by atoms with van der Waals surface area (Å²) in [5.41, 5.74) is 2.71. The van der Waals surface area contributed by atoms with E-state index < -0.39 is 0 Å². The van der Waals surface area contributed by atoms with E-state index in [0.717, 1.165) is 35.5 Å². The zero-order valence-electron chi connectivity index (χ0n) is 14.9. The SMILES string of the molecule is COc1ccc2oc(C(=O)N3CCN(c4ccncc4)CC3)c(C)c2c1. The highest BCUT2D eigenvalue weighted by molar-refractivity contribution is 5.99. The Bertz CT molecular complexity index is 928. The Morgan fingerprint density at radius 1 is 1.12 bits per heavy atom. The van der Waals surface area contributed by atoms with Crippen molar-refractivity contribution in [3.8, 4) is 5.75 Å². The number of furan rings is 1. The fraction of sp³-hybridized carbons (Fsp3) is 0.300. The molecule has 0 spiro atoms. The van der Waals surface area contributed by atoms with Gasteiger partial charge in [0.25, 0.3) is 5.91 Å². The average Bonchev–Trinajstić information content (AvgIpc) is 3.04. The molecule has 1 aromatic carbocycles. The maximum atomic E-state index is 13.0. The van der Waals surface area contributed by atoms with Gasteiger partial charge in [0.2, 0.25) is 0 Å². The number of methoxy groups -OCH3 is 1.